The van der Waals surface area contributed by atoms with E-state index in [-0.39, 0.29) is 5.97 Å². The third kappa shape index (κ3) is 4.28. The lowest BCUT2D eigenvalue weighted by Gasteiger charge is -2.18. The van der Waals surface area contributed by atoms with Gasteiger partial charge in [0.15, 0.2) is 0 Å². The van der Waals surface area contributed by atoms with Crippen molar-refractivity contribution in [1.29, 1.82) is 0 Å². The lowest BCUT2D eigenvalue weighted by Crippen LogP contribution is -2.21. The normalized spacial score (nSPS) is 14.2. The first-order valence-corrected chi connectivity index (χ1v) is 13.6. The van der Waals surface area contributed by atoms with Gasteiger partial charge in [0.1, 0.15) is 0 Å². The standard InChI is InChI=1S/C37H28O2/c1-2-39-37(38)36-23-32(25-11-7-4-8-12-25)21-34-20-31-18-29-16-27-14-13-26(24-9-5-3-6-10-24)15-28(27)17-30(29)19-33(31)22-35(34)36/h3-12,14-22H,2,13,23H2,1H3. The molecule has 0 radical (unpaired) electrons. The van der Waals surface area contributed by atoms with Gasteiger partial charge in [-0.25, -0.2) is 4.79 Å². The average molecular weight is 505 g/mol. The first-order valence-electron chi connectivity index (χ1n) is 13.6. The van der Waals surface area contributed by atoms with Crippen LogP contribution in [-0.4, -0.2) is 12.6 Å². The van der Waals surface area contributed by atoms with Crippen molar-refractivity contribution < 1.29 is 9.53 Å². The molecule has 0 unspecified atom stereocenters. The Kier molecular flexibility index (Phi) is 5.74. The predicted molar refractivity (Wildman–Crippen MR) is 163 cm³/mol. The van der Waals surface area contributed by atoms with Crippen LogP contribution >= 0.6 is 0 Å². The van der Waals surface area contributed by atoms with Gasteiger partial charge in [-0.15, -0.1) is 0 Å². The minimum atomic E-state index is -0.233. The summed E-state index contributed by atoms with van der Waals surface area (Å²) in [5.74, 6) is -0.233. The number of rotatable bonds is 4. The summed E-state index contributed by atoms with van der Waals surface area (Å²) in [5, 5.41) is 6.99. The second-order valence-electron chi connectivity index (χ2n) is 10.3. The van der Waals surface area contributed by atoms with Crippen molar-refractivity contribution in [2.75, 3.05) is 6.61 Å². The number of esters is 1. The predicted octanol–water partition coefficient (Wildman–Crippen LogP) is 7.38. The van der Waals surface area contributed by atoms with Crippen LogP contribution in [0.5, 0.6) is 0 Å². The summed E-state index contributed by atoms with van der Waals surface area (Å²) in [5.41, 5.74) is 7.92. The van der Waals surface area contributed by atoms with Gasteiger partial charge in [0.2, 0.25) is 0 Å². The Hall–Kier alpha value is -4.69. The fourth-order valence-electron chi connectivity index (χ4n) is 5.92. The molecule has 0 bridgehead atoms. The number of hydrogen-bond donors (Lipinski definition) is 0. The van der Waals surface area contributed by atoms with Gasteiger partial charge in [-0.1, -0.05) is 78.9 Å². The maximum Gasteiger partial charge on any atom is 0.334 e. The molecule has 39 heavy (non-hydrogen) atoms. The number of ether oxygens (including phenoxy) is 1. The van der Waals surface area contributed by atoms with Crippen molar-refractivity contribution in [3.05, 3.63) is 130 Å². The summed E-state index contributed by atoms with van der Waals surface area (Å²) in [6, 6.07) is 34.5. The Morgan fingerprint density at radius 3 is 1.97 bits per heavy atom. The largest absolute Gasteiger partial charge is 0.463 e. The summed E-state index contributed by atoms with van der Waals surface area (Å²) < 4.78 is 5.50. The Bertz CT molecular complexity index is 1960. The molecule has 0 N–H and O–H groups in total. The van der Waals surface area contributed by atoms with Gasteiger partial charge in [-0.05, 0) is 115 Å². The lowest BCUT2D eigenvalue weighted by atomic mass is 9.87. The lowest BCUT2D eigenvalue weighted by molar-refractivity contribution is -0.136. The van der Waals surface area contributed by atoms with Crippen LogP contribution < -0.4 is 10.4 Å². The van der Waals surface area contributed by atoms with Crippen LogP contribution in [0, 0.1) is 0 Å². The van der Waals surface area contributed by atoms with Crippen molar-refractivity contribution in [2.24, 2.45) is 0 Å². The van der Waals surface area contributed by atoms with Crippen LogP contribution in [0.25, 0.3) is 56.5 Å². The molecule has 2 nitrogen and oxygen atoms in total. The molecule has 0 amide bonds. The van der Waals surface area contributed by atoms with E-state index in [2.05, 4.69) is 97.1 Å². The number of carbonyl (C=O) groups is 1. The molecule has 0 aromatic heterocycles. The Morgan fingerprint density at radius 1 is 0.692 bits per heavy atom. The number of benzene rings is 5. The molecule has 0 spiro atoms. The van der Waals surface area contributed by atoms with Gasteiger partial charge in [0.25, 0.3) is 0 Å². The Balaban J connectivity index is 1.40. The molecule has 0 heterocycles. The number of hydrogen-bond acceptors (Lipinski definition) is 2. The topological polar surface area (TPSA) is 26.3 Å². The van der Waals surface area contributed by atoms with Crippen molar-refractivity contribution in [2.45, 2.75) is 19.8 Å². The second-order valence-corrected chi connectivity index (χ2v) is 10.3. The van der Waals surface area contributed by atoms with Crippen LogP contribution in [0.1, 0.15) is 42.0 Å². The highest BCUT2D eigenvalue weighted by Crippen LogP contribution is 2.32. The molecule has 0 atom stereocenters. The number of allylic oxidation sites excluding steroid dienone is 2. The van der Waals surface area contributed by atoms with E-state index in [0.717, 1.165) is 39.3 Å². The van der Waals surface area contributed by atoms with E-state index in [4.69, 9.17) is 4.74 Å². The minimum absolute atomic E-state index is 0.233. The molecule has 188 valence electrons. The highest BCUT2D eigenvalue weighted by atomic mass is 16.5. The summed E-state index contributed by atoms with van der Waals surface area (Å²) in [7, 11) is 0. The van der Waals surface area contributed by atoms with E-state index in [1.807, 2.05) is 25.1 Å². The van der Waals surface area contributed by atoms with Gasteiger partial charge < -0.3 is 4.74 Å². The monoisotopic (exact) mass is 504 g/mol. The highest BCUT2D eigenvalue weighted by molar-refractivity contribution is 6.15. The molecule has 2 heteroatoms. The maximum atomic E-state index is 13.1. The molecule has 2 aliphatic rings. The summed E-state index contributed by atoms with van der Waals surface area (Å²) in [6.07, 6.45) is 8.38. The van der Waals surface area contributed by atoms with Crippen molar-refractivity contribution in [3.8, 4) is 0 Å². The molecule has 0 aliphatic heterocycles. The number of fused-ring (bicyclic) bond motifs is 4. The van der Waals surface area contributed by atoms with Crippen LogP contribution in [0.15, 0.2) is 97.1 Å². The van der Waals surface area contributed by atoms with Gasteiger partial charge in [-0.3, -0.25) is 0 Å². The highest BCUT2D eigenvalue weighted by Gasteiger charge is 2.21. The van der Waals surface area contributed by atoms with Crippen molar-refractivity contribution in [1.82, 2.24) is 0 Å². The zero-order valence-corrected chi connectivity index (χ0v) is 21.9. The zero-order valence-electron chi connectivity index (χ0n) is 21.9. The maximum absolute atomic E-state index is 13.1. The van der Waals surface area contributed by atoms with Crippen LogP contribution in [0.2, 0.25) is 0 Å². The second kappa shape index (κ2) is 9.56. The van der Waals surface area contributed by atoms with Gasteiger partial charge in [-0.2, -0.15) is 0 Å². The van der Waals surface area contributed by atoms with E-state index in [9.17, 15) is 4.79 Å². The first kappa shape index (κ1) is 23.4. The third-order valence-corrected chi connectivity index (χ3v) is 7.87. The molecular weight excluding hydrogens is 476 g/mol. The zero-order chi connectivity index (χ0) is 26.3. The Labute approximate surface area is 227 Å². The van der Waals surface area contributed by atoms with E-state index in [1.54, 1.807) is 0 Å². The molecule has 5 aromatic rings. The smallest absolute Gasteiger partial charge is 0.334 e. The molecule has 0 fully saturated rings. The molecule has 5 aromatic carbocycles. The molecule has 2 aliphatic carbocycles. The summed E-state index contributed by atoms with van der Waals surface area (Å²) >= 11 is 0. The van der Waals surface area contributed by atoms with Crippen molar-refractivity contribution in [3.63, 3.8) is 0 Å². The quantitative estimate of drug-likeness (QED) is 0.189. The fraction of sp³-hybridized carbons (Fsp3) is 0.108. The number of carbonyl (C=O) groups excluding carboxylic acids is 1. The fourth-order valence-corrected chi connectivity index (χ4v) is 5.92. The van der Waals surface area contributed by atoms with Crippen molar-refractivity contribution >= 4 is 62.5 Å². The SMILES string of the molecule is CCOC(=O)C1=c2cc3cc4cc5c(cc4cc3cc2C=C(c2ccccc2)C1)=CCC(c1ccccc1)=C5. The summed E-state index contributed by atoms with van der Waals surface area (Å²) in [4.78, 5) is 13.1. The van der Waals surface area contributed by atoms with Crippen LogP contribution in [0.3, 0.4) is 0 Å². The van der Waals surface area contributed by atoms with Gasteiger partial charge >= 0.3 is 5.97 Å². The third-order valence-electron chi connectivity index (χ3n) is 7.87. The van der Waals surface area contributed by atoms with Crippen LogP contribution in [-0.2, 0) is 9.53 Å². The van der Waals surface area contributed by atoms with E-state index < -0.39 is 0 Å². The van der Waals surface area contributed by atoms with Gasteiger partial charge in [0.05, 0.1) is 6.61 Å². The van der Waals surface area contributed by atoms with E-state index >= 15 is 0 Å². The van der Waals surface area contributed by atoms with E-state index in [0.29, 0.717) is 13.0 Å². The van der Waals surface area contributed by atoms with E-state index in [1.165, 1.54) is 38.1 Å². The van der Waals surface area contributed by atoms with Gasteiger partial charge in [0, 0.05) is 12.0 Å². The minimum Gasteiger partial charge on any atom is -0.463 e. The molecule has 0 saturated carbocycles. The summed E-state index contributed by atoms with van der Waals surface area (Å²) in [6.45, 7) is 2.22. The van der Waals surface area contributed by atoms with Crippen LogP contribution in [0.4, 0.5) is 0 Å². The molecule has 0 saturated heterocycles. The average Bonchev–Trinajstić information content (AvgIpc) is 2.98. The Morgan fingerprint density at radius 2 is 1.28 bits per heavy atom. The first-order chi connectivity index (χ1) is 19.2. The molecule has 7 rings (SSSR count). The molecular formula is C37H28O2.